The molecule has 4 rings (SSSR count). The first-order valence-corrected chi connectivity index (χ1v) is 10.2. The molecule has 1 atom stereocenters. The molecule has 0 aromatic heterocycles. The summed E-state index contributed by atoms with van der Waals surface area (Å²) in [5.74, 6) is -0.116. The van der Waals surface area contributed by atoms with Gasteiger partial charge in [0.05, 0.1) is 16.6 Å². The van der Waals surface area contributed by atoms with E-state index in [2.05, 4.69) is 13.8 Å². The first kappa shape index (κ1) is 17.2. The lowest BCUT2D eigenvalue weighted by Gasteiger charge is -2.46. The summed E-state index contributed by atoms with van der Waals surface area (Å²) in [7, 11) is 0. The van der Waals surface area contributed by atoms with E-state index in [9.17, 15) is 9.59 Å². The molecule has 1 aliphatic carbocycles. The van der Waals surface area contributed by atoms with Crippen LogP contribution in [0.15, 0.2) is 24.3 Å². The number of fused-ring (bicyclic) bond motifs is 2. The van der Waals surface area contributed by atoms with Gasteiger partial charge in [-0.3, -0.25) is 4.79 Å². The van der Waals surface area contributed by atoms with Gasteiger partial charge in [0.1, 0.15) is 0 Å². The van der Waals surface area contributed by atoms with Crippen molar-refractivity contribution in [1.29, 1.82) is 0 Å². The van der Waals surface area contributed by atoms with Gasteiger partial charge in [0.25, 0.3) is 0 Å². The highest BCUT2D eigenvalue weighted by atomic mass is 35.5. The van der Waals surface area contributed by atoms with E-state index < -0.39 is 0 Å². The highest BCUT2D eigenvalue weighted by molar-refractivity contribution is 8.02. The summed E-state index contributed by atoms with van der Waals surface area (Å²) in [6.45, 7) is 4.36. The molecule has 3 fully saturated rings. The Morgan fingerprint density at radius 2 is 1.72 bits per heavy atom. The molecule has 4 nitrogen and oxygen atoms in total. The number of carbonyl (C=O) groups is 2. The van der Waals surface area contributed by atoms with E-state index in [1.54, 1.807) is 24.3 Å². The van der Waals surface area contributed by atoms with Crippen LogP contribution in [0.5, 0.6) is 0 Å². The van der Waals surface area contributed by atoms with Crippen LogP contribution in [0, 0.1) is 0 Å². The van der Waals surface area contributed by atoms with E-state index in [4.69, 9.17) is 11.6 Å². The number of halogens is 1. The van der Waals surface area contributed by atoms with Crippen LogP contribution in [-0.4, -0.2) is 32.5 Å². The van der Waals surface area contributed by atoms with Crippen LogP contribution in [0.4, 0.5) is 10.5 Å². The van der Waals surface area contributed by atoms with Crippen LogP contribution in [0.3, 0.4) is 0 Å². The molecule has 134 valence electrons. The van der Waals surface area contributed by atoms with Gasteiger partial charge in [-0.1, -0.05) is 30.9 Å². The maximum absolute atomic E-state index is 13.4. The van der Waals surface area contributed by atoms with Crippen LogP contribution in [-0.2, 0) is 4.79 Å². The maximum Gasteiger partial charge on any atom is 0.332 e. The molecule has 2 saturated heterocycles. The molecule has 2 aliphatic heterocycles. The smallest absolute Gasteiger partial charge is 0.304 e. The van der Waals surface area contributed by atoms with Crippen LogP contribution in [0.2, 0.25) is 5.02 Å². The predicted molar refractivity (Wildman–Crippen MR) is 102 cm³/mol. The van der Waals surface area contributed by atoms with Crippen molar-refractivity contribution in [1.82, 2.24) is 4.90 Å². The molecule has 2 heterocycles. The number of hydrogen-bond acceptors (Lipinski definition) is 3. The Balaban J connectivity index is 1.74. The molecular formula is C19H23ClN2O2S. The molecule has 25 heavy (non-hydrogen) atoms. The minimum atomic E-state index is -0.163. The van der Waals surface area contributed by atoms with Gasteiger partial charge in [-0.25, -0.2) is 9.69 Å². The number of benzene rings is 1. The van der Waals surface area contributed by atoms with Gasteiger partial charge in [0.15, 0.2) is 0 Å². The summed E-state index contributed by atoms with van der Waals surface area (Å²) >= 11 is 7.87. The average Bonchev–Trinajstić information content (AvgIpc) is 2.76. The molecule has 3 amide bonds. The largest absolute Gasteiger partial charge is 0.332 e. The zero-order valence-electron chi connectivity index (χ0n) is 14.6. The fourth-order valence-corrected chi connectivity index (χ4v) is 6.84. The van der Waals surface area contributed by atoms with Crippen molar-refractivity contribution in [3.63, 3.8) is 0 Å². The Bertz CT molecular complexity index is 713. The quantitative estimate of drug-likeness (QED) is 0.686. The fourth-order valence-electron chi connectivity index (χ4n) is 4.61. The number of amides is 3. The molecule has 1 aromatic carbocycles. The number of nitrogens with zero attached hydrogens (tertiary/aromatic N) is 2. The van der Waals surface area contributed by atoms with Crippen molar-refractivity contribution in [3.05, 3.63) is 29.3 Å². The number of urea groups is 1. The lowest BCUT2D eigenvalue weighted by molar-refractivity contribution is -0.121. The van der Waals surface area contributed by atoms with E-state index in [-0.39, 0.29) is 27.6 Å². The van der Waals surface area contributed by atoms with Crippen molar-refractivity contribution < 1.29 is 9.59 Å². The molecule has 0 unspecified atom stereocenters. The van der Waals surface area contributed by atoms with Gasteiger partial charge >= 0.3 is 6.03 Å². The van der Waals surface area contributed by atoms with Crippen molar-refractivity contribution in [3.8, 4) is 0 Å². The standard InChI is InChI=1S/C19H23ClN2O2S/c1-18(2)15-12-16(23)21(14-8-6-13(20)7-9-14)17(24)22(15)19(25-18)10-4-3-5-11-19/h6-9,15H,3-5,10-12H2,1-2H3/t15-/m0/s1. The second kappa shape index (κ2) is 5.92. The number of rotatable bonds is 1. The van der Waals surface area contributed by atoms with E-state index in [0.717, 1.165) is 25.7 Å². The fraction of sp³-hybridized carbons (Fsp3) is 0.579. The maximum atomic E-state index is 13.4. The topological polar surface area (TPSA) is 40.6 Å². The van der Waals surface area contributed by atoms with Crippen molar-refractivity contribution in [2.75, 3.05) is 4.90 Å². The molecule has 0 N–H and O–H groups in total. The first-order valence-electron chi connectivity index (χ1n) is 8.96. The molecule has 3 aliphatic rings. The third-order valence-electron chi connectivity index (χ3n) is 5.74. The molecule has 1 spiro atoms. The predicted octanol–water partition coefficient (Wildman–Crippen LogP) is 5.05. The molecule has 6 heteroatoms. The highest BCUT2D eigenvalue weighted by Crippen LogP contribution is 2.59. The number of thioether (sulfide) groups is 1. The monoisotopic (exact) mass is 378 g/mol. The highest BCUT2D eigenvalue weighted by Gasteiger charge is 2.61. The van der Waals surface area contributed by atoms with E-state index in [0.29, 0.717) is 17.1 Å². The van der Waals surface area contributed by atoms with Crippen LogP contribution < -0.4 is 4.90 Å². The molecule has 1 saturated carbocycles. The summed E-state index contributed by atoms with van der Waals surface area (Å²) in [6, 6.07) is 6.76. The summed E-state index contributed by atoms with van der Waals surface area (Å²) in [5, 5.41) is 0.597. The second-order valence-corrected chi connectivity index (χ2v) is 10.2. The van der Waals surface area contributed by atoms with Gasteiger partial charge in [0, 0.05) is 16.2 Å². The lowest BCUT2D eigenvalue weighted by Crippen LogP contribution is -2.63. The first-order chi connectivity index (χ1) is 11.8. The Labute approximate surface area is 157 Å². The number of hydrogen-bond donors (Lipinski definition) is 0. The van der Waals surface area contributed by atoms with Crippen LogP contribution >= 0.6 is 23.4 Å². The third-order valence-corrected chi connectivity index (χ3v) is 7.78. The van der Waals surface area contributed by atoms with Gasteiger partial charge in [-0.05, 0) is 51.0 Å². The third kappa shape index (κ3) is 2.67. The Kier molecular flexibility index (Phi) is 4.08. The minimum absolute atomic E-state index is 0.0286. The SMILES string of the molecule is CC1(C)SC2(CCCCC2)N2C(=O)N(c3ccc(Cl)cc3)C(=O)C[C@H]21. The summed E-state index contributed by atoms with van der Waals surface area (Å²) in [6.07, 6.45) is 5.95. The van der Waals surface area contributed by atoms with E-state index in [1.165, 1.54) is 11.3 Å². The van der Waals surface area contributed by atoms with Gasteiger partial charge in [-0.15, -0.1) is 11.8 Å². The zero-order chi connectivity index (χ0) is 17.8. The minimum Gasteiger partial charge on any atom is -0.304 e. The molecular weight excluding hydrogens is 356 g/mol. The van der Waals surface area contributed by atoms with Gasteiger partial charge in [-0.2, -0.15) is 0 Å². The van der Waals surface area contributed by atoms with Crippen molar-refractivity contribution in [2.24, 2.45) is 0 Å². The number of carbonyl (C=O) groups excluding carboxylic acids is 2. The molecule has 0 radical (unpaired) electrons. The number of anilines is 1. The molecule has 1 aromatic rings. The van der Waals surface area contributed by atoms with Crippen molar-refractivity contribution >= 4 is 41.0 Å². The Hall–Kier alpha value is -1.20. The summed E-state index contributed by atoms with van der Waals surface area (Å²) < 4.78 is -0.102. The van der Waals surface area contributed by atoms with Crippen molar-refractivity contribution in [2.45, 2.75) is 68.0 Å². The number of imide groups is 1. The van der Waals surface area contributed by atoms with E-state index >= 15 is 0 Å². The van der Waals surface area contributed by atoms with Crippen LogP contribution in [0.1, 0.15) is 52.4 Å². The van der Waals surface area contributed by atoms with Crippen LogP contribution in [0.25, 0.3) is 0 Å². The summed E-state index contributed by atoms with van der Waals surface area (Å²) in [5.41, 5.74) is 0.610. The van der Waals surface area contributed by atoms with E-state index in [1.807, 2.05) is 16.7 Å². The Morgan fingerprint density at radius 1 is 1.08 bits per heavy atom. The normalized spacial score (nSPS) is 27.7. The lowest BCUT2D eigenvalue weighted by atomic mass is 9.88. The van der Waals surface area contributed by atoms with Gasteiger partial charge in [0.2, 0.25) is 5.91 Å². The average molecular weight is 379 g/mol. The molecule has 0 bridgehead atoms. The van der Waals surface area contributed by atoms with Gasteiger partial charge < -0.3 is 4.90 Å². The Morgan fingerprint density at radius 3 is 2.36 bits per heavy atom. The second-order valence-electron chi connectivity index (χ2n) is 7.79. The zero-order valence-corrected chi connectivity index (χ0v) is 16.2. The summed E-state index contributed by atoms with van der Waals surface area (Å²) in [4.78, 5) is 29.5.